The lowest BCUT2D eigenvalue weighted by Gasteiger charge is -2.07. The molecular weight excluding hydrogens is 398 g/mol. The summed E-state index contributed by atoms with van der Waals surface area (Å²) in [5, 5.41) is 9.76. The number of anilines is 1. The number of carbonyl (C=O) groups is 1. The number of hydrogen-bond acceptors (Lipinski definition) is 7. The van der Waals surface area contributed by atoms with Crippen LogP contribution in [0.1, 0.15) is 13.8 Å². The number of sulfone groups is 1. The third-order valence-electron chi connectivity index (χ3n) is 3.83. The molecule has 28 heavy (non-hydrogen) atoms. The van der Waals surface area contributed by atoms with E-state index in [0.29, 0.717) is 5.56 Å². The number of amides is 1. The van der Waals surface area contributed by atoms with E-state index in [1.807, 2.05) is 30.3 Å². The van der Waals surface area contributed by atoms with E-state index in [-0.39, 0.29) is 28.5 Å². The van der Waals surface area contributed by atoms with Crippen LogP contribution in [0.25, 0.3) is 11.5 Å². The van der Waals surface area contributed by atoms with Crippen LogP contribution < -0.4 is 5.32 Å². The van der Waals surface area contributed by atoms with Crippen molar-refractivity contribution in [3.05, 3.63) is 54.6 Å². The number of hydrogen-bond donors (Lipinski definition) is 1. The minimum Gasteiger partial charge on any atom is -0.403 e. The number of rotatable bonds is 7. The molecule has 3 rings (SSSR count). The first kappa shape index (κ1) is 20.1. The van der Waals surface area contributed by atoms with Gasteiger partial charge < -0.3 is 4.42 Å². The molecule has 0 aliphatic rings. The summed E-state index contributed by atoms with van der Waals surface area (Å²) < 4.78 is 29.8. The van der Waals surface area contributed by atoms with Gasteiger partial charge in [-0.2, -0.15) is 0 Å². The van der Waals surface area contributed by atoms with E-state index in [2.05, 4.69) is 15.5 Å². The van der Waals surface area contributed by atoms with Gasteiger partial charge in [-0.05, 0) is 50.2 Å². The second-order valence-electron chi connectivity index (χ2n) is 6.18. The zero-order valence-electron chi connectivity index (χ0n) is 15.3. The third kappa shape index (κ3) is 4.79. The molecule has 0 atom stereocenters. The molecule has 0 radical (unpaired) electrons. The van der Waals surface area contributed by atoms with Crippen LogP contribution in [-0.4, -0.2) is 35.5 Å². The van der Waals surface area contributed by atoms with Gasteiger partial charge in [0.05, 0.1) is 15.9 Å². The lowest BCUT2D eigenvalue weighted by Crippen LogP contribution is -2.14. The van der Waals surface area contributed by atoms with Crippen molar-refractivity contribution in [1.82, 2.24) is 10.2 Å². The minimum absolute atomic E-state index is 0.00691. The Morgan fingerprint density at radius 3 is 2.39 bits per heavy atom. The largest absolute Gasteiger partial charge is 0.403 e. The van der Waals surface area contributed by atoms with E-state index in [1.54, 1.807) is 26.0 Å². The summed E-state index contributed by atoms with van der Waals surface area (Å²) in [6.45, 7) is 3.26. The monoisotopic (exact) mass is 417 g/mol. The fraction of sp³-hybridized carbons (Fsp3) is 0.211. The smallest absolute Gasteiger partial charge is 0.322 e. The molecule has 0 aliphatic heterocycles. The number of nitrogens with one attached hydrogen (secondary N) is 1. The summed E-state index contributed by atoms with van der Waals surface area (Å²) in [4.78, 5) is 13.2. The second-order valence-corrected chi connectivity index (χ2v) is 9.73. The Morgan fingerprint density at radius 1 is 1.07 bits per heavy atom. The Labute approximate surface area is 167 Å². The first-order chi connectivity index (χ1) is 13.4. The molecule has 0 saturated heterocycles. The Kier molecular flexibility index (Phi) is 6.15. The maximum Gasteiger partial charge on any atom is 0.322 e. The summed E-state index contributed by atoms with van der Waals surface area (Å²) in [6.07, 6.45) is 0. The van der Waals surface area contributed by atoms with Gasteiger partial charge in [-0.25, -0.2) is 8.42 Å². The SMILES string of the molecule is CC(C)S(=O)(=O)c1ccc(-c2nnc(NC(=O)CSc3ccccc3)o2)cc1. The maximum absolute atomic E-state index is 12.2. The molecule has 3 aromatic rings. The van der Waals surface area contributed by atoms with Crippen LogP contribution in [0.2, 0.25) is 0 Å². The van der Waals surface area contributed by atoms with Crippen molar-refractivity contribution in [2.45, 2.75) is 28.9 Å². The van der Waals surface area contributed by atoms with E-state index >= 15 is 0 Å². The molecule has 146 valence electrons. The van der Waals surface area contributed by atoms with Crippen LogP contribution in [0, 0.1) is 0 Å². The molecule has 1 N–H and O–H groups in total. The summed E-state index contributed by atoms with van der Waals surface area (Å²) in [7, 11) is -3.34. The van der Waals surface area contributed by atoms with Gasteiger partial charge in [0.1, 0.15) is 0 Å². The number of benzene rings is 2. The topological polar surface area (TPSA) is 102 Å². The van der Waals surface area contributed by atoms with E-state index in [1.165, 1.54) is 23.9 Å². The third-order valence-corrected chi connectivity index (χ3v) is 7.02. The van der Waals surface area contributed by atoms with Gasteiger partial charge in [0.25, 0.3) is 0 Å². The normalized spacial score (nSPS) is 11.5. The highest BCUT2D eigenvalue weighted by Crippen LogP contribution is 2.24. The molecule has 7 nitrogen and oxygen atoms in total. The van der Waals surface area contributed by atoms with Crippen LogP contribution in [0.15, 0.2) is 68.8 Å². The first-order valence-electron chi connectivity index (χ1n) is 8.52. The molecule has 0 spiro atoms. The Balaban J connectivity index is 1.63. The molecule has 0 bridgehead atoms. The predicted octanol–water partition coefficient (Wildman–Crippen LogP) is 3.65. The molecular formula is C19H19N3O4S2. The van der Waals surface area contributed by atoms with Crippen molar-refractivity contribution in [2.75, 3.05) is 11.1 Å². The molecule has 0 saturated carbocycles. The fourth-order valence-corrected chi connectivity index (χ4v) is 4.05. The average molecular weight is 418 g/mol. The molecule has 0 aliphatic carbocycles. The number of nitrogens with zero attached hydrogens (tertiary/aromatic N) is 2. The van der Waals surface area contributed by atoms with Gasteiger partial charge >= 0.3 is 6.01 Å². The molecule has 1 amide bonds. The van der Waals surface area contributed by atoms with E-state index in [4.69, 9.17) is 4.42 Å². The van der Waals surface area contributed by atoms with Crippen LogP contribution in [0.4, 0.5) is 6.01 Å². The first-order valence-corrected chi connectivity index (χ1v) is 11.0. The van der Waals surface area contributed by atoms with Crippen molar-refractivity contribution >= 4 is 33.5 Å². The Morgan fingerprint density at radius 2 is 1.75 bits per heavy atom. The summed E-state index contributed by atoms with van der Waals surface area (Å²) in [5.41, 5.74) is 0.564. The predicted molar refractivity (Wildman–Crippen MR) is 108 cm³/mol. The van der Waals surface area contributed by atoms with Gasteiger partial charge in [0, 0.05) is 10.5 Å². The van der Waals surface area contributed by atoms with Gasteiger partial charge in [-0.3, -0.25) is 10.1 Å². The van der Waals surface area contributed by atoms with Crippen LogP contribution in [0.5, 0.6) is 0 Å². The zero-order chi connectivity index (χ0) is 20.1. The summed E-state index contributed by atoms with van der Waals surface area (Å²) >= 11 is 1.40. The maximum atomic E-state index is 12.2. The van der Waals surface area contributed by atoms with Gasteiger partial charge in [-0.1, -0.05) is 23.3 Å². The molecule has 1 heterocycles. The average Bonchev–Trinajstić information content (AvgIpc) is 3.15. The molecule has 1 aromatic heterocycles. The second kappa shape index (κ2) is 8.57. The Bertz CT molecular complexity index is 1050. The number of carbonyl (C=O) groups excluding carboxylic acids is 1. The van der Waals surface area contributed by atoms with E-state index in [0.717, 1.165) is 4.90 Å². The molecule has 2 aromatic carbocycles. The van der Waals surface area contributed by atoms with Crippen LogP contribution >= 0.6 is 11.8 Å². The van der Waals surface area contributed by atoms with E-state index < -0.39 is 15.1 Å². The van der Waals surface area contributed by atoms with Crippen molar-refractivity contribution in [3.63, 3.8) is 0 Å². The molecule has 9 heteroatoms. The molecule has 0 unspecified atom stereocenters. The Hall–Kier alpha value is -2.65. The standard InChI is InChI=1S/C19H19N3O4S2/c1-13(2)28(24,25)16-10-8-14(9-11-16)18-21-22-19(26-18)20-17(23)12-27-15-6-4-3-5-7-15/h3-11,13H,12H2,1-2H3,(H,20,22,23). The summed E-state index contributed by atoms with van der Waals surface area (Å²) in [6, 6.07) is 15.8. The van der Waals surface area contributed by atoms with Gasteiger partial charge in [0.2, 0.25) is 11.8 Å². The summed E-state index contributed by atoms with van der Waals surface area (Å²) in [5.74, 6) is 0.144. The van der Waals surface area contributed by atoms with Gasteiger partial charge in [0.15, 0.2) is 9.84 Å². The lowest BCUT2D eigenvalue weighted by molar-refractivity contribution is -0.113. The molecule has 0 fully saturated rings. The van der Waals surface area contributed by atoms with Crippen LogP contribution in [0.3, 0.4) is 0 Å². The highest BCUT2D eigenvalue weighted by molar-refractivity contribution is 8.00. The highest BCUT2D eigenvalue weighted by Gasteiger charge is 2.19. The van der Waals surface area contributed by atoms with Gasteiger partial charge in [-0.15, -0.1) is 16.9 Å². The van der Waals surface area contributed by atoms with Crippen molar-refractivity contribution in [3.8, 4) is 11.5 Å². The van der Waals surface area contributed by atoms with Crippen molar-refractivity contribution < 1.29 is 17.6 Å². The fourth-order valence-electron chi connectivity index (χ4n) is 2.27. The zero-order valence-corrected chi connectivity index (χ0v) is 17.0. The van der Waals surface area contributed by atoms with Crippen molar-refractivity contribution in [2.24, 2.45) is 0 Å². The lowest BCUT2D eigenvalue weighted by atomic mass is 10.2. The number of thioether (sulfide) groups is 1. The van der Waals surface area contributed by atoms with Crippen LogP contribution in [-0.2, 0) is 14.6 Å². The van der Waals surface area contributed by atoms with Crippen molar-refractivity contribution in [1.29, 1.82) is 0 Å². The quantitative estimate of drug-likeness (QED) is 0.585. The highest BCUT2D eigenvalue weighted by atomic mass is 32.2. The van der Waals surface area contributed by atoms with E-state index in [9.17, 15) is 13.2 Å². The minimum atomic E-state index is -3.34. The number of aromatic nitrogens is 2.